The maximum Gasteiger partial charge on any atom is 0.234 e. The first-order chi connectivity index (χ1) is 8.16. The number of likely N-dealkylation sites (tertiary alicyclic amines) is 2. The van der Waals surface area contributed by atoms with Gasteiger partial charge in [0.05, 0.1) is 6.04 Å². The van der Waals surface area contributed by atoms with Crippen LogP contribution in [0.15, 0.2) is 0 Å². The molecular weight excluding hydrogens is 216 g/mol. The molecule has 2 unspecified atom stereocenters. The lowest BCUT2D eigenvalue weighted by Gasteiger charge is -2.24. The van der Waals surface area contributed by atoms with Crippen LogP contribution in [-0.4, -0.2) is 60.5 Å². The van der Waals surface area contributed by atoms with E-state index in [1.807, 2.05) is 0 Å². The lowest BCUT2D eigenvalue weighted by molar-refractivity contribution is -0.119. The zero-order valence-electron chi connectivity index (χ0n) is 10.5. The van der Waals surface area contributed by atoms with E-state index in [1.54, 1.807) is 0 Å². The van der Waals surface area contributed by atoms with Crippen LogP contribution in [0.4, 0.5) is 0 Å². The number of nitrogens with zero attached hydrogens (tertiary/aromatic N) is 2. The van der Waals surface area contributed by atoms with E-state index in [0.717, 1.165) is 25.7 Å². The van der Waals surface area contributed by atoms with E-state index in [9.17, 15) is 4.79 Å². The third kappa shape index (κ3) is 3.40. The molecule has 5 heteroatoms. The highest BCUT2D eigenvalue weighted by Gasteiger charge is 2.29. The van der Waals surface area contributed by atoms with Crippen molar-refractivity contribution in [2.45, 2.75) is 37.8 Å². The molecule has 98 valence electrons. The number of hydrogen-bond donors (Lipinski definition) is 2. The molecule has 2 atom stereocenters. The highest BCUT2D eigenvalue weighted by atomic mass is 16.1. The van der Waals surface area contributed by atoms with Gasteiger partial charge >= 0.3 is 0 Å². The zero-order valence-corrected chi connectivity index (χ0v) is 10.5. The van der Waals surface area contributed by atoms with Crippen LogP contribution in [0, 0.1) is 0 Å². The van der Waals surface area contributed by atoms with Gasteiger partial charge in [-0.3, -0.25) is 9.69 Å². The Morgan fingerprint density at radius 1 is 1.29 bits per heavy atom. The smallest absolute Gasteiger partial charge is 0.234 e. The van der Waals surface area contributed by atoms with Gasteiger partial charge < -0.3 is 16.4 Å². The van der Waals surface area contributed by atoms with Crippen molar-refractivity contribution in [3.05, 3.63) is 0 Å². The second kappa shape index (κ2) is 5.80. The van der Waals surface area contributed by atoms with E-state index in [4.69, 9.17) is 11.5 Å². The number of rotatable bonds is 5. The van der Waals surface area contributed by atoms with E-state index in [-0.39, 0.29) is 5.91 Å². The van der Waals surface area contributed by atoms with E-state index in [0.29, 0.717) is 6.42 Å². The van der Waals surface area contributed by atoms with Crippen molar-refractivity contribution in [1.82, 2.24) is 9.80 Å². The first-order valence-corrected chi connectivity index (χ1v) is 6.68. The Balaban J connectivity index is 1.69. The fourth-order valence-corrected chi connectivity index (χ4v) is 2.88. The lowest BCUT2D eigenvalue weighted by atomic mass is 10.2. The van der Waals surface area contributed by atoms with E-state index >= 15 is 0 Å². The molecule has 2 rings (SSSR count). The monoisotopic (exact) mass is 240 g/mol. The molecule has 5 nitrogen and oxygen atoms in total. The van der Waals surface area contributed by atoms with Gasteiger partial charge in [0.2, 0.25) is 5.91 Å². The summed E-state index contributed by atoms with van der Waals surface area (Å²) in [6.07, 6.45) is 4.64. The van der Waals surface area contributed by atoms with Gasteiger partial charge in [0.25, 0.3) is 0 Å². The normalized spacial score (nSPS) is 28.6. The Morgan fingerprint density at radius 3 is 2.65 bits per heavy atom. The van der Waals surface area contributed by atoms with Crippen molar-refractivity contribution in [3.63, 3.8) is 0 Å². The molecule has 2 aliphatic rings. The van der Waals surface area contributed by atoms with Crippen LogP contribution in [0.3, 0.4) is 0 Å². The lowest BCUT2D eigenvalue weighted by Crippen LogP contribution is -2.40. The summed E-state index contributed by atoms with van der Waals surface area (Å²) in [6, 6.07) is 0.239. The average molecular weight is 240 g/mol. The maximum atomic E-state index is 10.8. The van der Waals surface area contributed by atoms with Crippen molar-refractivity contribution >= 4 is 5.91 Å². The molecule has 2 aliphatic heterocycles. The summed E-state index contributed by atoms with van der Waals surface area (Å²) >= 11 is 0. The summed E-state index contributed by atoms with van der Waals surface area (Å²) in [5.74, 6) is -0.389. The Hall–Kier alpha value is -0.650. The van der Waals surface area contributed by atoms with Crippen LogP contribution in [0.1, 0.15) is 25.7 Å². The van der Waals surface area contributed by atoms with Crippen LogP contribution in [-0.2, 0) is 4.79 Å². The quantitative estimate of drug-likeness (QED) is 0.670. The molecule has 17 heavy (non-hydrogen) atoms. The minimum Gasteiger partial charge on any atom is -0.368 e. The fraction of sp³-hybridized carbons (Fsp3) is 0.917. The highest BCUT2D eigenvalue weighted by Crippen LogP contribution is 2.20. The Morgan fingerprint density at radius 2 is 2.00 bits per heavy atom. The number of amides is 1. The summed E-state index contributed by atoms with van der Waals surface area (Å²) in [6.45, 7) is 5.69. The van der Waals surface area contributed by atoms with E-state index in [1.165, 1.54) is 32.4 Å². The van der Waals surface area contributed by atoms with Crippen molar-refractivity contribution in [1.29, 1.82) is 0 Å². The Labute approximate surface area is 103 Å². The molecule has 0 saturated carbocycles. The topological polar surface area (TPSA) is 75.6 Å². The predicted octanol–water partition coefficient (Wildman–Crippen LogP) is -0.641. The minimum atomic E-state index is -0.485. The van der Waals surface area contributed by atoms with Crippen LogP contribution < -0.4 is 11.5 Å². The SMILES string of the molecule is NC(=O)C(N)CCN1CCC(N2CCCC2)C1. The second-order valence-corrected chi connectivity index (χ2v) is 5.28. The van der Waals surface area contributed by atoms with Gasteiger partial charge in [-0.05, 0) is 45.3 Å². The number of primary amides is 1. The van der Waals surface area contributed by atoms with Crippen molar-refractivity contribution < 1.29 is 4.79 Å². The summed E-state index contributed by atoms with van der Waals surface area (Å²) in [7, 11) is 0. The summed E-state index contributed by atoms with van der Waals surface area (Å²) < 4.78 is 0. The predicted molar refractivity (Wildman–Crippen MR) is 67.4 cm³/mol. The van der Waals surface area contributed by atoms with Crippen molar-refractivity contribution in [2.75, 3.05) is 32.7 Å². The van der Waals surface area contributed by atoms with Crippen molar-refractivity contribution in [3.8, 4) is 0 Å². The molecule has 0 aliphatic carbocycles. The molecule has 2 fully saturated rings. The molecular formula is C12H24N4O. The third-order valence-corrected chi connectivity index (χ3v) is 4.03. The van der Waals surface area contributed by atoms with Crippen LogP contribution >= 0.6 is 0 Å². The molecule has 2 saturated heterocycles. The van der Waals surface area contributed by atoms with Gasteiger partial charge in [-0.15, -0.1) is 0 Å². The second-order valence-electron chi connectivity index (χ2n) is 5.28. The molecule has 0 bridgehead atoms. The largest absolute Gasteiger partial charge is 0.368 e. The van der Waals surface area contributed by atoms with Crippen LogP contribution in [0.5, 0.6) is 0 Å². The highest BCUT2D eigenvalue weighted by molar-refractivity contribution is 5.79. The first-order valence-electron chi connectivity index (χ1n) is 6.68. The average Bonchev–Trinajstić information content (AvgIpc) is 2.95. The molecule has 1 amide bonds. The molecule has 0 aromatic carbocycles. The van der Waals surface area contributed by atoms with Crippen LogP contribution in [0.2, 0.25) is 0 Å². The number of nitrogens with two attached hydrogens (primary N) is 2. The standard InChI is InChI=1S/C12H24N4O/c13-11(12(14)17)4-8-15-7-3-10(9-15)16-5-1-2-6-16/h10-11H,1-9,13H2,(H2,14,17). The van der Waals surface area contributed by atoms with Gasteiger partial charge in [0.15, 0.2) is 0 Å². The Kier molecular flexibility index (Phi) is 4.36. The third-order valence-electron chi connectivity index (χ3n) is 4.03. The zero-order chi connectivity index (χ0) is 12.3. The number of carbonyl (C=O) groups excluding carboxylic acids is 1. The molecule has 0 aromatic rings. The van der Waals surface area contributed by atoms with Gasteiger partial charge in [0.1, 0.15) is 0 Å². The molecule has 2 heterocycles. The molecule has 4 N–H and O–H groups in total. The molecule has 0 spiro atoms. The fourth-order valence-electron chi connectivity index (χ4n) is 2.88. The van der Waals surface area contributed by atoms with Crippen molar-refractivity contribution in [2.24, 2.45) is 11.5 Å². The Bertz CT molecular complexity index is 265. The first kappa shape index (κ1) is 12.8. The minimum absolute atomic E-state index is 0.389. The summed E-state index contributed by atoms with van der Waals surface area (Å²) in [4.78, 5) is 15.9. The van der Waals surface area contributed by atoms with Gasteiger partial charge in [-0.1, -0.05) is 0 Å². The van der Waals surface area contributed by atoms with Crippen LogP contribution in [0.25, 0.3) is 0 Å². The van der Waals surface area contributed by atoms with E-state index in [2.05, 4.69) is 9.80 Å². The molecule has 0 radical (unpaired) electrons. The number of carbonyl (C=O) groups is 1. The number of hydrogen-bond acceptors (Lipinski definition) is 4. The maximum absolute atomic E-state index is 10.8. The van der Waals surface area contributed by atoms with Gasteiger partial charge in [-0.2, -0.15) is 0 Å². The summed E-state index contributed by atoms with van der Waals surface area (Å²) in [5, 5.41) is 0. The van der Waals surface area contributed by atoms with E-state index < -0.39 is 6.04 Å². The molecule has 0 aromatic heterocycles. The van der Waals surface area contributed by atoms with Gasteiger partial charge in [0, 0.05) is 19.1 Å². The van der Waals surface area contributed by atoms with Gasteiger partial charge in [-0.25, -0.2) is 0 Å². The summed E-state index contributed by atoms with van der Waals surface area (Å²) in [5.41, 5.74) is 10.8.